The Morgan fingerprint density at radius 1 is 1.06 bits per heavy atom. The van der Waals surface area contributed by atoms with E-state index < -0.39 is 0 Å². The predicted octanol–water partition coefficient (Wildman–Crippen LogP) is 2.08. The predicted molar refractivity (Wildman–Crippen MR) is 71.9 cm³/mol. The molecule has 0 spiro atoms. The van der Waals surface area contributed by atoms with Gasteiger partial charge in [0.2, 0.25) is 0 Å². The largest absolute Gasteiger partial charge is 0.507 e. The molecule has 0 unspecified atom stereocenters. The Kier molecular flexibility index (Phi) is 2.97. The molecule has 0 aliphatic rings. The molecule has 2 nitrogen and oxygen atoms in total. The fraction of sp³-hybridized carbons (Fsp3) is 0.286. The van der Waals surface area contributed by atoms with E-state index in [1.807, 2.05) is 18.2 Å². The Morgan fingerprint density at radius 3 is 2.29 bits per heavy atom. The molecule has 0 atom stereocenters. The van der Waals surface area contributed by atoms with Crippen molar-refractivity contribution in [3.8, 4) is 5.75 Å². The van der Waals surface area contributed by atoms with E-state index in [1.165, 1.54) is 5.56 Å². The lowest BCUT2D eigenvalue weighted by Crippen LogP contribution is -2.14. The molecule has 2 N–H and O–H groups in total. The van der Waals surface area contributed by atoms with E-state index in [-0.39, 0.29) is 20.9 Å². The average molecular weight is 244 g/mol. The minimum atomic E-state index is -0.374. The Morgan fingerprint density at radius 2 is 1.71 bits per heavy atom. The van der Waals surface area contributed by atoms with Crippen molar-refractivity contribution >= 4 is 25.7 Å². The van der Waals surface area contributed by atoms with Crippen LogP contribution in [-0.2, 0) is 5.41 Å². The van der Waals surface area contributed by atoms with E-state index in [0.29, 0.717) is 5.19 Å². The summed E-state index contributed by atoms with van der Waals surface area (Å²) in [5.74, 6) is 0.203. The Balaban J connectivity index is 2.71. The summed E-state index contributed by atoms with van der Waals surface area (Å²) in [5.41, 5.74) is 1.23. The second-order valence-corrected chi connectivity index (χ2v) is 6.02. The molecule has 0 aliphatic carbocycles. The van der Waals surface area contributed by atoms with Crippen LogP contribution in [-0.4, -0.2) is 19.7 Å². The first-order chi connectivity index (χ1) is 7.93. The lowest BCUT2D eigenvalue weighted by Gasteiger charge is -2.20. The summed E-state index contributed by atoms with van der Waals surface area (Å²) in [5, 5.41) is 12.5. The normalized spacial score (nSPS) is 12.0. The molecule has 2 aromatic rings. The molecule has 2 rings (SSSR count). The van der Waals surface area contributed by atoms with Gasteiger partial charge in [-0.05, 0) is 22.4 Å². The van der Waals surface area contributed by atoms with Crippen molar-refractivity contribution in [2.24, 2.45) is 0 Å². The van der Waals surface area contributed by atoms with Crippen molar-refractivity contribution in [1.82, 2.24) is 0 Å². The molecule has 0 bridgehead atoms. The van der Waals surface area contributed by atoms with E-state index in [4.69, 9.17) is 0 Å². The number of benzene rings is 2. The quantitative estimate of drug-likeness (QED) is 0.754. The van der Waals surface area contributed by atoms with Crippen LogP contribution in [0.2, 0.25) is 0 Å². The zero-order valence-corrected chi connectivity index (χ0v) is 11.3. The molecule has 88 valence electrons. The molecule has 0 amide bonds. The lowest BCUT2D eigenvalue weighted by atomic mass is 9.86. The van der Waals surface area contributed by atoms with Crippen molar-refractivity contribution < 1.29 is 9.90 Å². The molecule has 0 heterocycles. The van der Waals surface area contributed by atoms with E-state index in [1.54, 1.807) is 6.07 Å². The highest BCUT2D eigenvalue weighted by atomic mass is 28.2. The minimum absolute atomic E-state index is 0.0537. The van der Waals surface area contributed by atoms with E-state index in [9.17, 15) is 9.90 Å². The SMILES string of the molecule is CC(C)(C)c1ccc2ccc([Si]O)c(O)c2c1. The summed E-state index contributed by atoms with van der Waals surface area (Å²) in [7, 11) is -0.374. The topological polar surface area (TPSA) is 40.5 Å². The fourth-order valence-electron chi connectivity index (χ4n) is 1.86. The number of fused-ring (bicyclic) bond motifs is 1. The fourth-order valence-corrected chi connectivity index (χ4v) is 2.26. The van der Waals surface area contributed by atoms with Crippen LogP contribution in [0.3, 0.4) is 0 Å². The number of hydrogen-bond donors (Lipinski definition) is 2. The maximum atomic E-state index is 10.1. The first kappa shape index (κ1) is 12.1. The zero-order chi connectivity index (χ0) is 12.6. The Bertz CT molecular complexity index is 556. The van der Waals surface area contributed by atoms with Crippen LogP contribution in [0, 0.1) is 0 Å². The lowest BCUT2D eigenvalue weighted by molar-refractivity contribution is 0.484. The molecule has 2 radical (unpaired) electrons. The van der Waals surface area contributed by atoms with Crippen molar-refractivity contribution in [3.63, 3.8) is 0 Å². The highest BCUT2D eigenvalue weighted by Crippen LogP contribution is 2.29. The van der Waals surface area contributed by atoms with E-state index in [2.05, 4.69) is 26.8 Å². The van der Waals surface area contributed by atoms with Crippen LogP contribution in [0.25, 0.3) is 10.8 Å². The second kappa shape index (κ2) is 4.16. The summed E-state index contributed by atoms with van der Waals surface area (Å²) >= 11 is 0. The van der Waals surface area contributed by atoms with Crippen LogP contribution in [0.5, 0.6) is 5.75 Å². The molecule has 0 aromatic heterocycles. The molecule has 2 aromatic carbocycles. The highest BCUT2D eigenvalue weighted by Gasteiger charge is 2.15. The molecular formula is C14H16O2Si. The van der Waals surface area contributed by atoms with Gasteiger partial charge in [0.25, 0.3) is 9.76 Å². The van der Waals surface area contributed by atoms with Crippen molar-refractivity contribution in [1.29, 1.82) is 0 Å². The van der Waals surface area contributed by atoms with Gasteiger partial charge in [0, 0.05) is 10.6 Å². The Hall–Kier alpha value is -1.32. The van der Waals surface area contributed by atoms with Gasteiger partial charge in [-0.3, -0.25) is 0 Å². The Labute approximate surface area is 104 Å². The molecule has 0 saturated carbocycles. The van der Waals surface area contributed by atoms with E-state index in [0.717, 1.165) is 10.8 Å². The summed E-state index contributed by atoms with van der Waals surface area (Å²) in [6, 6.07) is 9.81. The van der Waals surface area contributed by atoms with Gasteiger partial charge < -0.3 is 9.90 Å². The third-order valence-electron chi connectivity index (χ3n) is 2.98. The first-order valence-electron chi connectivity index (χ1n) is 5.60. The molecule has 0 aliphatic heterocycles. The van der Waals surface area contributed by atoms with E-state index >= 15 is 0 Å². The maximum Gasteiger partial charge on any atom is 0.269 e. The molecule has 17 heavy (non-hydrogen) atoms. The molecule has 3 heteroatoms. The molecule has 0 saturated heterocycles. The van der Waals surface area contributed by atoms with Crippen LogP contribution in [0.4, 0.5) is 0 Å². The third kappa shape index (κ3) is 2.21. The van der Waals surface area contributed by atoms with Gasteiger partial charge in [-0.15, -0.1) is 0 Å². The van der Waals surface area contributed by atoms with Gasteiger partial charge in [0.15, 0.2) is 0 Å². The number of phenolic OH excluding ortho intramolecular Hbond substituents is 1. The smallest absolute Gasteiger partial charge is 0.269 e. The summed E-state index contributed by atoms with van der Waals surface area (Å²) < 4.78 is 0. The van der Waals surface area contributed by atoms with Crippen LogP contribution < -0.4 is 5.19 Å². The van der Waals surface area contributed by atoms with Gasteiger partial charge in [-0.1, -0.05) is 45.0 Å². The van der Waals surface area contributed by atoms with Crippen molar-refractivity contribution in [2.75, 3.05) is 0 Å². The monoisotopic (exact) mass is 244 g/mol. The minimum Gasteiger partial charge on any atom is -0.507 e. The molecular weight excluding hydrogens is 228 g/mol. The second-order valence-electron chi connectivity index (χ2n) is 5.26. The number of rotatable bonds is 1. The summed E-state index contributed by atoms with van der Waals surface area (Å²) in [6.07, 6.45) is 0. The maximum absolute atomic E-state index is 10.1. The van der Waals surface area contributed by atoms with Crippen LogP contribution >= 0.6 is 0 Å². The van der Waals surface area contributed by atoms with Gasteiger partial charge in [0.1, 0.15) is 5.75 Å². The van der Waals surface area contributed by atoms with Gasteiger partial charge in [-0.25, -0.2) is 0 Å². The first-order valence-corrected chi connectivity index (χ1v) is 6.54. The van der Waals surface area contributed by atoms with Crippen LogP contribution in [0.1, 0.15) is 26.3 Å². The number of aromatic hydroxyl groups is 1. The number of phenols is 1. The zero-order valence-electron chi connectivity index (χ0n) is 10.3. The summed E-state index contributed by atoms with van der Waals surface area (Å²) in [6.45, 7) is 6.43. The van der Waals surface area contributed by atoms with Gasteiger partial charge in [0.05, 0.1) is 0 Å². The van der Waals surface area contributed by atoms with Crippen molar-refractivity contribution in [2.45, 2.75) is 26.2 Å². The van der Waals surface area contributed by atoms with Crippen LogP contribution in [0.15, 0.2) is 30.3 Å². The van der Waals surface area contributed by atoms with Gasteiger partial charge >= 0.3 is 0 Å². The van der Waals surface area contributed by atoms with Gasteiger partial charge in [-0.2, -0.15) is 0 Å². The van der Waals surface area contributed by atoms with Crippen molar-refractivity contribution in [3.05, 3.63) is 35.9 Å². The highest BCUT2D eigenvalue weighted by molar-refractivity contribution is 6.47. The third-order valence-corrected chi connectivity index (χ3v) is 3.62. The number of hydrogen-bond acceptors (Lipinski definition) is 2. The average Bonchev–Trinajstić information content (AvgIpc) is 2.28. The summed E-state index contributed by atoms with van der Waals surface area (Å²) in [4.78, 5) is 9.17. The standard InChI is InChI=1S/C14H16O2Si/c1-14(2,3)10-6-4-9-5-7-12(17-16)13(15)11(9)8-10/h4-8,15-16H,1-3H3. The molecule has 0 fully saturated rings.